The molecule has 2 heterocycles. The number of carbonyl (C=O) groups is 1. The Morgan fingerprint density at radius 3 is 2.70 bits per heavy atom. The molecule has 0 radical (unpaired) electrons. The summed E-state index contributed by atoms with van der Waals surface area (Å²) in [7, 11) is 0. The molecule has 0 atom stereocenters. The molecule has 3 rings (SSSR count). The molecule has 0 fully saturated rings. The average molecular weight is 312 g/mol. The van der Waals surface area contributed by atoms with Gasteiger partial charge in [-0.15, -0.1) is 5.10 Å². The Kier molecular flexibility index (Phi) is 4.41. The summed E-state index contributed by atoms with van der Waals surface area (Å²) >= 11 is 0. The van der Waals surface area contributed by atoms with Gasteiger partial charge >= 0.3 is 6.09 Å². The van der Waals surface area contributed by atoms with Crippen LogP contribution in [0.25, 0.3) is 11.3 Å². The van der Waals surface area contributed by atoms with Crippen LogP contribution in [-0.4, -0.2) is 44.2 Å². The Hall–Kier alpha value is -2.63. The Labute approximate surface area is 135 Å². The van der Waals surface area contributed by atoms with Crippen LogP contribution >= 0.6 is 0 Å². The standard InChI is InChI=1S/C17H20N4O2/c1-2-6-15-16(13-9-11-20(12-10-13)17(22)23)18-19-21(15)14-7-4-3-5-8-14/h3-5,7-9H,2,6,10-12H2,1H3,(H,22,23). The van der Waals surface area contributed by atoms with Crippen molar-refractivity contribution in [3.63, 3.8) is 0 Å². The zero-order chi connectivity index (χ0) is 16.2. The molecule has 0 spiro atoms. The maximum Gasteiger partial charge on any atom is 0.407 e. The first-order valence-electron chi connectivity index (χ1n) is 7.88. The van der Waals surface area contributed by atoms with Crippen molar-refractivity contribution in [2.45, 2.75) is 26.2 Å². The topological polar surface area (TPSA) is 71.2 Å². The van der Waals surface area contributed by atoms with E-state index in [1.54, 1.807) is 0 Å². The fraction of sp³-hybridized carbons (Fsp3) is 0.353. The zero-order valence-electron chi connectivity index (χ0n) is 13.1. The monoisotopic (exact) mass is 312 g/mol. The SMILES string of the molecule is CCCc1c(C2=CCN(C(=O)O)CC2)nnn1-c1ccccc1. The van der Waals surface area contributed by atoms with E-state index in [9.17, 15) is 4.79 Å². The van der Waals surface area contributed by atoms with Crippen LogP contribution in [0.3, 0.4) is 0 Å². The molecule has 6 nitrogen and oxygen atoms in total. The van der Waals surface area contributed by atoms with Gasteiger partial charge in [0.2, 0.25) is 0 Å². The lowest BCUT2D eigenvalue weighted by atomic mass is 10.0. The number of amides is 1. The second kappa shape index (κ2) is 6.64. The molecule has 1 aliphatic rings. The highest BCUT2D eigenvalue weighted by atomic mass is 16.4. The van der Waals surface area contributed by atoms with E-state index in [1.165, 1.54) is 4.90 Å². The highest BCUT2D eigenvalue weighted by molar-refractivity contribution is 5.70. The summed E-state index contributed by atoms with van der Waals surface area (Å²) in [5.41, 5.74) is 4.08. The van der Waals surface area contributed by atoms with Crippen molar-refractivity contribution in [2.75, 3.05) is 13.1 Å². The molecule has 0 saturated carbocycles. The maximum absolute atomic E-state index is 11.0. The molecule has 2 aromatic rings. The van der Waals surface area contributed by atoms with Gasteiger partial charge < -0.3 is 10.0 Å². The number of para-hydroxylation sites is 1. The highest BCUT2D eigenvalue weighted by Crippen LogP contribution is 2.26. The van der Waals surface area contributed by atoms with Crippen LogP contribution in [-0.2, 0) is 6.42 Å². The van der Waals surface area contributed by atoms with E-state index in [2.05, 4.69) is 17.2 Å². The lowest BCUT2D eigenvalue weighted by Crippen LogP contribution is -2.33. The van der Waals surface area contributed by atoms with Gasteiger partial charge in [-0.3, -0.25) is 0 Å². The Bertz CT molecular complexity index is 721. The number of aromatic nitrogens is 3. The smallest absolute Gasteiger partial charge is 0.407 e. The van der Waals surface area contributed by atoms with Crippen molar-refractivity contribution >= 4 is 11.7 Å². The van der Waals surface area contributed by atoms with Crippen LogP contribution in [0, 0.1) is 0 Å². The molecular formula is C17H20N4O2. The Morgan fingerprint density at radius 1 is 1.30 bits per heavy atom. The summed E-state index contributed by atoms with van der Waals surface area (Å²) in [5.74, 6) is 0. The third-order valence-corrected chi connectivity index (χ3v) is 4.03. The third-order valence-electron chi connectivity index (χ3n) is 4.03. The van der Waals surface area contributed by atoms with Crippen molar-refractivity contribution in [1.82, 2.24) is 19.9 Å². The molecule has 0 bridgehead atoms. The molecule has 1 N–H and O–H groups in total. The number of benzene rings is 1. The predicted octanol–water partition coefficient (Wildman–Crippen LogP) is 2.99. The fourth-order valence-electron chi connectivity index (χ4n) is 2.85. The lowest BCUT2D eigenvalue weighted by molar-refractivity contribution is 0.150. The minimum atomic E-state index is -0.873. The van der Waals surface area contributed by atoms with E-state index in [4.69, 9.17) is 5.11 Å². The van der Waals surface area contributed by atoms with Gasteiger partial charge in [-0.05, 0) is 30.5 Å². The summed E-state index contributed by atoms with van der Waals surface area (Å²) in [4.78, 5) is 12.4. The molecule has 6 heteroatoms. The Balaban J connectivity index is 1.94. The van der Waals surface area contributed by atoms with Crippen molar-refractivity contribution < 1.29 is 9.90 Å². The van der Waals surface area contributed by atoms with Gasteiger partial charge in [0.1, 0.15) is 5.69 Å². The summed E-state index contributed by atoms with van der Waals surface area (Å²) in [5, 5.41) is 17.8. The molecule has 23 heavy (non-hydrogen) atoms. The van der Waals surface area contributed by atoms with E-state index in [1.807, 2.05) is 41.1 Å². The van der Waals surface area contributed by atoms with Crippen LogP contribution < -0.4 is 0 Å². The number of nitrogens with zero attached hydrogens (tertiary/aromatic N) is 4. The first-order chi connectivity index (χ1) is 11.2. The summed E-state index contributed by atoms with van der Waals surface area (Å²) in [6, 6.07) is 9.97. The normalized spacial score (nSPS) is 14.7. The molecule has 0 aliphatic carbocycles. The van der Waals surface area contributed by atoms with Gasteiger partial charge in [0.25, 0.3) is 0 Å². The molecule has 0 saturated heterocycles. The highest BCUT2D eigenvalue weighted by Gasteiger charge is 2.22. The van der Waals surface area contributed by atoms with Gasteiger partial charge in [-0.25, -0.2) is 9.48 Å². The second-order valence-corrected chi connectivity index (χ2v) is 5.59. The molecule has 120 valence electrons. The van der Waals surface area contributed by atoms with Gasteiger partial charge in [0.05, 0.1) is 11.4 Å². The van der Waals surface area contributed by atoms with Gasteiger partial charge in [0.15, 0.2) is 0 Å². The summed E-state index contributed by atoms with van der Waals surface area (Å²) in [6.07, 6.45) is 3.65. The summed E-state index contributed by atoms with van der Waals surface area (Å²) < 4.78 is 1.89. The van der Waals surface area contributed by atoms with Crippen LogP contribution in [0.5, 0.6) is 0 Å². The van der Waals surface area contributed by atoms with Crippen molar-refractivity contribution in [2.24, 2.45) is 0 Å². The fourth-order valence-corrected chi connectivity index (χ4v) is 2.85. The quantitative estimate of drug-likeness (QED) is 0.942. The molecule has 1 aromatic heterocycles. The van der Waals surface area contributed by atoms with Crippen LogP contribution in [0.15, 0.2) is 36.4 Å². The zero-order valence-corrected chi connectivity index (χ0v) is 13.1. The second-order valence-electron chi connectivity index (χ2n) is 5.59. The van der Waals surface area contributed by atoms with Crippen LogP contribution in [0.2, 0.25) is 0 Å². The number of hydrogen-bond acceptors (Lipinski definition) is 3. The van der Waals surface area contributed by atoms with Crippen molar-refractivity contribution in [3.05, 3.63) is 47.8 Å². The number of hydrogen-bond donors (Lipinski definition) is 1. The van der Waals surface area contributed by atoms with Gasteiger partial charge in [-0.1, -0.05) is 42.8 Å². The van der Waals surface area contributed by atoms with E-state index in [-0.39, 0.29) is 0 Å². The Morgan fingerprint density at radius 2 is 2.09 bits per heavy atom. The minimum Gasteiger partial charge on any atom is -0.465 e. The number of carboxylic acid groups (broad SMARTS) is 1. The predicted molar refractivity (Wildman–Crippen MR) is 87.5 cm³/mol. The largest absolute Gasteiger partial charge is 0.465 e. The molecule has 1 aromatic carbocycles. The van der Waals surface area contributed by atoms with E-state index in [0.717, 1.165) is 35.5 Å². The van der Waals surface area contributed by atoms with Crippen LogP contribution in [0.1, 0.15) is 31.2 Å². The first-order valence-corrected chi connectivity index (χ1v) is 7.88. The molecule has 1 aliphatic heterocycles. The van der Waals surface area contributed by atoms with Crippen molar-refractivity contribution in [1.29, 1.82) is 0 Å². The van der Waals surface area contributed by atoms with E-state index < -0.39 is 6.09 Å². The maximum atomic E-state index is 11.0. The summed E-state index contributed by atoms with van der Waals surface area (Å²) in [6.45, 7) is 3.05. The average Bonchev–Trinajstić information content (AvgIpc) is 3.00. The van der Waals surface area contributed by atoms with Crippen LogP contribution in [0.4, 0.5) is 4.79 Å². The molecular weight excluding hydrogens is 292 g/mol. The third kappa shape index (κ3) is 3.11. The number of rotatable bonds is 4. The lowest BCUT2D eigenvalue weighted by Gasteiger charge is -2.23. The molecule has 0 unspecified atom stereocenters. The molecule has 1 amide bonds. The van der Waals surface area contributed by atoms with Gasteiger partial charge in [-0.2, -0.15) is 0 Å². The minimum absolute atomic E-state index is 0.411. The van der Waals surface area contributed by atoms with Gasteiger partial charge in [0, 0.05) is 13.1 Å². The van der Waals surface area contributed by atoms with E-state index in [0.29, 0.717) is 19.5 Å². The van der Waals surface area contributed by atoms with E-state index >= 15 is 0 Å². The van der Waals surface area contributed by atoms with Crippen molar-refractivity contribution in [3.8, 4) is 5.69 Å². The first kappa shape index (κ1) is 15.3.